The molecule has 0 radical (unpaired) electrons. The average molecular weight is 317 g/mol. The molecule has 0 aliphatic carbocycles. The molecule has 2 heterocycles. The molecule has 1 fully saturated rings. The molecule has 0 bridgehead atoms. The predicted molar refractivity (Wildman–Crippen MR) is 82.3 cm³/mol. The summed E-state index contributed by atoms with van der Waals surface area (Å²) in [7, 11) is 0. The molecule has 5 nitrogen and oxygen atoms in total. The van der Waals surface area contributed by atoms with Crippen molar-refractivity contribution in [3.05, 3.63) is 57.8 Å². The molecular weight excluding hydrogens is 302 g/mol. The summed E-state index contributed by atoms with van der Waals surface area (Å²) in [4.78, 5) is 25.1. The van der Waals surface area contributed by atoms with Gasteiger partial charge in [0, 0.05) is 12.1 Å². The molecule has 0 spiro atoms. The van der Waals surface area contributed by atoms with Crippen molar-refractivity contribution < 1.29 is 19.4 Å². The lowest BCUT2D eigenvalue weighted by Crippen LogP contribution is -2.42. The molecule has 1 saturated heterocycles. The molecule has 22 heavy (non-hydrogen) atoms. The van der Waals surface area contributed by atoms with Gasteiger partial charge in [0.05, 0.1) is 18.7 Å². The molecule has 0 saturated carbocycles. The van der Waals surface area contributed by atoms with Gasteiger partial charge in [0.2, 0.25) is 0 Å². The van der Waals surface area contributed by atoms with Crippen LogP contribution in [0.2, 0.25) is 0 Å². The van der Waals surface area contributed by atoms with Crippen LogP contribution in [0.25, 0.3) is 0 Å². The van der Waals surface area contributed by atoms with E-state index in [0.29, 0.717) is 25.3 Å². The van der Waals surface area contributed by atoms with Crippen LogP contribution >= 0.6 is 11.3 Å². The van der Waals surface area contributed by atoms with Crippen LogP contribution in [0.1, 0.15) is 32.4 Å². The largest absolute Gasteiger partial charge is 0.478 e. The molecule has 1 aliphatic rings. The third-order valence-electron chi connectivity index (χ3n) is 3.65. The Morgan fingerprint density at radius 2 is 1.91 bits per heavy atom. The highest BCUT2D eigenvalue weighted by Gasteiger charge is 2.26. The standard InChI is InChI=1S/C16H15NO4S/c18-15(11-1-3-12(4-2-11)16(19)20)17-6-7-21-14(9-17)13-5-8-22-10-13/h1-5,8,10,14H,6-7,9H2,(H,19,20)/t14-/m1/s1. The smallest absolute Gasteiger partial charge is 0.335 e. The number of carboxylic acid groups (broad SMARTS) is 1. The van der Waals surface area contributed by atoms with E-state index < -0.39 is 5.97 Å². The van der Waals surface area contributed by atoms with Crippen LogP contribution < -0.4 is 0 Å². The van der Waals surface area contributed by atoms with Crippen LogP contribution in [0, 0.1) is 0 Å². The van der Waals surface area contributed by atoms with Crippen LogP contribution in [0.5, 0.6) is 0 Å². The van der Waals surface area contributed by atoms with Crippen LogP contribution in [0.3, 0.4) is 0 Å². The zero-order valence-electron chi connectivity index (χ0n) is 11.8. The zero-order valence-corrected chi connectivity index (χ0v) is 12.6. The number of carboxylic acids is 1. The van der Waals surface area contributed by atoms with Crippen molar-refractivity contribution in [2.24, 2.45) is 0 Å². The second-order valence-electron chi connectivity index (χ2n) is 5.05. The molecule has 1 atom stereocenters. The molecule has 1 aromatic carbocycles. The Bertz CT molecular complexity index is 666. The van der Waals surface area contributed by atoms with Crippen LogP contribution in [0.15, 0.2) is 41.1 Å². The van der Waals surface area contributed by atoms with E-state index in [9.17, 15) is 9.59 Å². The Morgan fingerprint density at radius 1 is 1.18 bits per heavy atom. The summed E-state index contributed by atoms with van der Waals surface area (Å²) in [6.07, 6.45) is -0.0951. The number of nitrogens with zero attached hydrogens (tertiary/aromatic N) is 1. The van der Waals surface area contributed by atoms with E-state index in [0.717, 1.165) is 5.56 Å². The number of ether oxygens (including phenoxy) is 1. The summed E-state index contributed by atoms with van der Waals surface area (Å²) in [5, 5.41) is 12.9. The molecule has 1 amide bonds. The van der Waals surface area contributed by atoms with Crippen molar-refractivity contribution in [2.75, 3.05) is 19.7 Å². The van der Waals surface area contributed by atoms with Gasteiger partial charge in [0.25, 0.3) is 5.91 Å². The quantitative estimate of drug-likeness (QED) is 0.945. The molecule has 114 valence electrons. The van der Waals surface area contributed by atoms with Crippen LogP contribution in [-0.2, 0) is 4.74 Å². The van der Waals surface area contributed by atoms with Gasteiger partial charge in [0.1, 0.15) is 6.10 Å². The minimum Gasteiger partial charge on any atom is -0.478 e. The SMILES string of the molecule is O=C(O)c1ccc(C(=O)N2CCO[C@@H](c3ccsc3)C2)cc1. The van der Waals surface area contributed by atoms with Crippen LogP contribution in [0.4, 0.5) is 0 Å². The van der Waals surface area contributed by atoms with Crippen molar-refractivity contribution in [2.45, 2.75) is 6.10 Å². The molecule has 1 N–H and O–H groups in total. The minimum atomic E-state index is -0.997. The van der Waals surface area contributed by atoms with E-state index >= 15 is 0 Å². The number of benzene rings is 1. The summed E-state index contributed by atoms with van der Waals surface area (Å²) in [5.41, 5.74) is 1.76. The molecule has 2 aromatic rings. The fourth-order valence-corrected chi connectivity index (χ4v) is 3.13. The predicted octanol–water partition coefficient (Wildman–Crippen LogP) is 2.66. The highest BCUT2D eigenvalue weighted by Crippen LogP contribution is 2.25. The Kier molecular flexibility index (Phi) is 4.22. The highest BCUT2D eigenvalue weighted by atomic mass is 32.1. The summed E-state index contributed by atoms with van der Waals surface area (Å²) < 4.78 is 5.72. The van der Waals surface area contributed by atoms with Crippen molar-refractivity contribution in [3.8, 4) is 0 Å². The van der Waals surface area contributed by atoms with Crippen molar-refractivity contribution in [3.63, 3.8) is 0 Å². The maximum Gasteiger partial charge on any atom is 0.335 e. The van der Waals surface area contributed by atoms with Gasteiger partial charge >= 0.3 is 5.97 Å². The summed E-state index contributed by atoms with van der Waals surface area (Å²) in [5.74, 6) is -1.09. The first-order valence-electron chi connectivity index (χ1n) is 6.91. The molecule has 0 unspecified atom stereocenters. The number of rotatable bonds is 3. The zero-order chi connectivity index (χ0) is 15.5. The number of morpholine rings is 1. The van der Waals surface area contributed by atoms with Gasteiger partial charge in [-0.05, 0) is 46.7 Å². The average Bonchev–Trinajstić information content (AvgIpc) is 3.09. The summed E-state index contributed by atoms with van der Waals surface area (Å²) >= 11 is 1.60. The lowest BCUT2D eigenvalue weighted by atomic mass is 10.1. The van der Waals surface area contributed by atoms with Gasteiger partial charge in [-0.25, -0.2) is 4.79 Å². The number of thiophene rings is 1. The van der Waals surface area contributed by atoms with Crippen LogP contribution in [-0.4, -0.2) is 41.6 Å². The van der Waals surface area contributed by atoms with Crippen molar-refractivity contribution in [1.82, 2.24) is 4.90 Å². The third kappa shape index (κ3) is 3.03. The fraction of sp³-hybridized carbons (Fsp3) is 0.250. The monoisotopic (exact) mass is 317 g/mol. The first-order chi connectivity index (χ1) is 10.6. The minimum absolute atomic E-state index is 0.0951. The molecule has 1 aromatic heterocycles. The van der Waals surface area contributed by atoms with Gasteiger partial charge in [-0.15, -0.1) is 0 Å². The number of hydrogen-bond acceptors (Lipinski definition) is 4. The van der Waals surface area contributed by atoms with Gasteiger partial charge in [0.15, 0.2) is 0 Å². The van der Waals surface area contributed by atoms with Gasteiger partial charge < -0.3 is 14.7 Å². The van der Waals surface area contributed by atoms with E-state index in [1.54, 1.807) is 28.4 Å². The first-order valence-corrected chi connectivity index (χ1v) is 7.86. The van der Waals surface area contributed by atoms with E-state index in [-0.39, 0.29) is 17.6 Å². The van der Waals surface area contributed by atoms with Crippen molar-refractivity contribution in [1.29, 1.82) is 0 Å². The maximum atomic E-state index is 12.5. The molecule has 6 heteroatoms. The Balaban J connectivity index is 1.72. The van der Waals surface area contributed by atoms with E-state index in [4.69, 9.17) is 9.84 Å². The normalized spacial score (nSPS) is 18.2. The lowest BCUT2D eigenvalue weighted by molar-refractivity contribution is -0.0226. The Labute approximate surface area is 131 Å². The fourth-order valence-electron chi connectivity index (χ4n) is 2.43. The van der Waals surface area contributed by atoms with Gasteiger partial charge in [-0.3, -0.25) is 4.79 Å². The maximum absolute atomic E-state index is 12.5. The molecular formula is C16H15NO4S. The van der Waals surface area contributed by atoms with Gasteiger partial charge in [-0.1, -0.05) is 0 Å². The second kappa shape index (κ2) is 6.29. The topological polar surface area (TPSA) is 66.8 Å². The first kappa shape index (κ1) is 14.7. The second-order valence-corrected chi connectivity index (χ2v) is 5.83. The Morgan fingerprint density at radius 3 is 2.55 bits per heavy atom. The number of aromatic carboxylic acids is 1. The molecule has 1 aliphatic heterocycles. The van der Waals surface area contributed by atoms with E-state index in [1.807, 2.05) is 16.8 Å². The summed E-state index contributed by atoms with van der Waals surface area (Å²) in [6, 6.07) is 8.02. The number of carbonyl (C=O) groups excluding carboxylic acids is 1. The van der Waals surface area contributed by atoms with E-state index in [2.05, 4.69) is 0 Å². The third-order valence-corrected chi connectivity index (χ3v) is 4.35. The highest BCUT2D eigenvalue weighted by molar-refractivity contribution is 7.07. The number of carbonyl (C=O) groups is 2. The van der Waals surface area contributed by atoms with E-state index in [1.165, 1.54) is 12.1 Å². The lowest BCUT2D eigenvalue weighted by Gasteiger charge is -2.32. The Hall–Kier alpha value is -2.18. The summed E-state index contributed by atoms with van der Waals surface area (Å²) in [6.45, 7) is 1.55. The van der Waals surface area contributed by atoms with Crippen molar-refractivity contribution >= 4 is 23.2 Å². The number of hydrogen-bond donors (Lipinski definition) is 1. The number of amides is 1. The molecule has 3 rings (SSSR count). The van der Waals surface area contributed by atoms with Gasteiger partial charge in [-0.2, -0.15) is 11.3 Å².